The van der Waals surface area contributed by atoms with E-state index in [1.54, 1.807) is 0 Å². The van der Waals surface area contributed by atoms with Crippen LogP contribution < -0.4 is 10.2 Å². The van der Waals surface area contributed by atoms with Crippen LogP contribution in [0.4, 0.5) is 11.4 Å². The summed E-state index contributed by atoms with van der Waals surface area (Å²) in [7, 11) is 0. The van der Waals surface area contributed by atoms with Gasteiger partial charge in [0.1, 0.15) is 0 Å². The fourth-order valence-electron chi connectivity index (χ4n) is 1.96. The molecule has 0 radical (unpaired) electrons. The third kappa shape index (κ3) is 3.61. The summed E-state index contributed by atoms with van der Waals surface area (Å²) < 4.78 is 5.31. The van der Waals surface area contributed by atoms with E-state index in [9.17, 15) is 9.90 Å². The molecule has 0 spiro atoms. The van der Waals surface area contributed by atoms with Crippen molar-refractivity contribution in [3.63, 3.8) is 0 Å². The Labute approximate surface area is 118 Å². The summed E-state index contributed by atoms with van der Waals surface area (Å²) in [5.74, 6) is -1.24. The maximum Gasteiger partial charge on any atom is 0.337 e. The Morgan fingerprint density at radius 2 is 1.95 bits per heavy atom. The van der Waals surface area contributed by atoms with Gasteiger partial charge >= 0.3 is 5.97 Å². The van der Waals surface area contributed by atoms with Gasteiger partial charge in [-0.2, -0.15) is 0 Å². The van der Waals surface area contributed by atoms with E-state index >= 15 is 0 Å². The maximum absolute atomic E-state index is 10.8. The van der Waals surface area contributed by atoms with Crippen LogP contribution in [0, 0.1) is 0 Å². The normalized spacial score (nSPS) is 18.4. The number of hydrogen-bond donors (Lipinski definition) is 3. The number of ether oxygens (including phenoxy) is 1. The summed E-state index contributed by atoms with van der Waals surface area (Å²) in [5, 5.41) is 21.4. The summed E-state index contributed by atoms with van der Waals surface area (Å²) in [6, 6.07) is 7.71. The molecule has 1 heterocycles. The number of benzene rings is 1. The van der Waals surface area contributed by atoms with E-state index < -0.39 is 11.6 Å². The van der Waals surface area contributed by atoms with Crippen molar-refractivity contribution in [2.24, 2.45) is 0 Å². The van der Waals surface area contributed by atoms with Crippen molar-refractivity contribution < 1.29 is 19.7 Å². The zero-order valence-electron chi connectivity index (χ0n) is 11.5. The first-order valence-electron chi connectivity index (χ1n) is 6.61. The molecule has 1 atom stereocenters. The number of nitrogens with zero attached hydrogens (tertiary/aromatic N) is 1. The predicted octanol–water partition coefficient (Wildman–Crippen LogP) is 0.771. The largest absolute Gasteiger partial charge is 0.479 e. The van der Waals surface area contributed by atoms with Crippen LogP contribution in [0.2, 0.25) is 0 Å². The van der Waals surface area contributed by atoms with E-state index in [0.29, 0.717) is 0 Å². The SMILES string of the molecule is CC(O)(CNc1ccc(N2CCOCC2)cc1)C(=O)O. The fraction of sp³-hybridized carbons (Fsp3) is 0.500. The highest BCUT2D eigenvalue weighted by molar-refractivity contribution is 5.77. The minimum Gasteiger partial charge on any atom is -0.479 e. The van der Waals surface area contributed by atoms with Crippen molar-refractivity contribution in [3.05, 3.63) is 24.3 Å². The van der Waals surface area contributed by atoms with Gasteiger partial charge in [0, 0.05) is 24.5 Å². The Balaban J connectivity index is 1.93. The molecule has 1 unspecified atom stereocenters. The number of carboxylic acids is 1. The van der Waals surface area contributed by atoms with E-state index in [2.05, 4.69) is 10.2 Å². The lowest BCUT2D eigenvalue weighted by Crippen LogP contribution is -2.41. The van der Waals surface area contributed by atoms with E-state index in [1.165, 1.54) is 6.92 Å². The number of morpholine rings is 1. The highest BCUT2D eigenvalue weighted by Gasteiger charge is 2.29. The number of carboxylic acid groups (broad SMARTS) is 1. The van der Waals surface area contributed by atoms with Crippen molar-refractivity contribution in [3.8, 4) is 0 Å². The van der Waals surface area contributed by atoms with Gasteiger partial charge in [0.15, 0.2) is 5.60 Å². The molecule has 20 heavy (non-hydrogen) atoms. The number of carbonyl (C=O) groups is 1. The number of nitrogens with one attached hydrogen (secondary N) is 1. The van der Waals surface area contributed by atoms with Crippen molar-refractivity contribution in [1.82, 2.24) is 0 Å². The molecule has 2 rings (SSSR count). The number of aliphatic carboxylic acids is 1. The van der Waals surface area contributed by atoms with Crippen LogP contribution >= 0.6 is 0 Å². The van der Waals surface area contributed by atoms with Crippen molar-refractivity contribution >= 4 is 17.3 Å². The number of rotatable bonds is 5. The van der Waals surface area contributed by atoms with Crippen molar-refractivity contribution in [1.29, 1.82) is 0 Å². The molecule has 6 heteroatoms. The van der Waals surface area contributed by atoms with E-state index in [-0.39, 0.29) is 6.54 Å². The summed E-state index contributed by atoms with van der Waals surface area (Å²) in [6.07, 6.45) is 0. The minimum atomic E-state index is -1.77. The van der Waals surface area contributed by atoms with Gasteiger partial charge in [0.05, 0.1) is 19.8 Å². The van der Waals surface area contributed by atoms with Crippen LogP contribution in [0.25, 0.3) is 0 Å². The van der Waals surface area contributed by atoms with Gasteiger partial charge in [-0.15, -0.1) is 0 Å². The monoisotopic (exact) mass is 280 g/mol. The van der Waals surface area contributed by atoms with Crippen LogP contribution in [0.1, 0.15) is 6.92 Å². The number of anilines is 2. The predicted molar refractivity (Wildman–Crippen MR) is 76.2 cm³/mol. The minimum absolute atomic E-state index is 0.0424. The molecule has 110 valence electrons. The third-order valence-corrected chi connectivity index (χ3v) is 3.34. The van der Waals surface area contributed by atoms with Gasteiger partial charge in [-0.1, -0.05) is 0 Å². The van der Waals surface area contributed by atoms with Gasteiger partial charge in [0.2, 0.25) is 0 Å². The molecule has 1 saturated heterocycles. The average molecular weight is 280 g/mol. The molecule has 0 saturated carbocycles. The smallest absolute Gasteiger partial charge is 0.337 e. The topological polar surface area (TPSA) is 82.0 Å². The molecule has 1 aromatic rings. The lowest BCUT2D eigenvalue weighted by molar-refractivity contribution is -0.155. The van der Waals surface area contributed by atoms with Crippen molar-refractivity contribution in [2.45, 2.75) is 12.5 Å². The van der Waals surface area contributed by atoms with Crippen LogP contribution in [-0.2, 0) is 9.53 Å². The Hall–Kier alpha value is -1.79. The second-order valence-electron chi connectivity index (χ2n) is 5.08. The highest BCUT2D eigenvalue weighted by Crippen LogP contribution is 2.19. The van der Waals surface area contributed by atoms with Crippen LogP contribution in [0.3, 0.4) is 0 Å². The summed E-state index contributed by atoms with van der Waals surface area (Å²) in [6.45, 7) is 4.45. The van der Waals surface area contributed by atoms with Crippen LogP contribution in [0.15, 0.2) is 24.3 Å². The Morgan fingerprint density at radius 1 is 1.35 bits per heavy atom. The third-order valence-electron chi connectivity index (χ3n) is 3.34. The van der Waals surface area contributed by atoms with Gasteiger partial charge in [-0.25, -0.2) is 4.79 Å². The van der Waals surface area contributed by atoms with E-state index in [1.807, 2.05) is 24.3 Å². The molecule has 0 aliphatic carbocycles. The first-order chi connectivity index (χ1) is 9.49. The molecule has 0 bridgehead atoms. The number of aliphatic hydroxyl groups is 1. The molecular weight excluding hydrogens is 260 g/mol. The fourth-order valence-corrected chi connectivity index (χ4v) is 1.96. The van der Waals surface area contributed by atoms with Crippen LogP contribution in [-0.4, -0.2) is 54.6 Å². The van der Waals surface area contributed by atoms with Gasteiger partial charge in [-0.3, -0.25) is 0 Å². The number of hydrogen-bond acceptors (Lipinski definition) is 5. The summed E-state index contributed by atoms with van der Waals surface area (Å²) >= 11 is 0. The lowest BCUT2D eigenvalue weighted by Gasteiger charge is -2.29. The molecule has 3 N–H and O–H groups in total. The molecule has 1 aliphatic heterocycles. The quantitative estimate of drug-likeness (QED) is 0.739. The summed E-state index contributed by atoms with van der Waals surface area (Å²) in [4.78, 5) is 13.0. The van der Waals surface area contributed by atoms with E-state index in [4.69, 9.17) is 9.84 Å². The standard InChI is InChI=1S/C14H20N2O4/c1-14(19,13(17)18)10-15-11-2-4-12(5-3-11)16-6-8-20-9-7-16/h2-5,15,19H,6-10H2,1H3,(H,17,18). The molecule has 0 aromatic heterocycles. The van der Waals surface area contributed by atoms with E-state index in [0.717, 1.165) is 37.7 Å². The van der Waals surface area contributed by atoms with Gasteiger partial charge in [-0.05, 0) is 31.2 Å². The average Bonchev–Trinajstić information content (AvgIpc) is 2.46. The summed E-state index contributed by atoms with van der Waals surface area (Å²) in [5.41, 5.74) is 0.121. The molecule has 6 nitrogen and oxygen atoms in total. The lowest BCUT2D eigenvalue weighted by atomic mass is 10.1. The van der Waals surface area contributed by atoms with Gasteiger partial charge in [0.25, 0.3) is 0 Å². The second-order valence-corrected chi connectivity index (χ2v) is 5.08. The Morgan fingerprint density at radius 3 is 2.50 bits per heavy atom. The first-order valence-corrected chi connectivity index (χ1v) is 6.61. The Bertz CT molecular complexity index is 453. The van der Waals surface area contributed by atoms with Gasteiger partial charge < -0.3 is 25.2 Å². The highest BCUT2D eigenvalue weighted by atomic mass is 16.5. The Kier molecular flexibility index (Phi) is 4.46. The molecule has 1 aliphatic rings. The maximum atomic E-state index is 10.8. The second kappa shape index (κ2) is 6.11. The zero-order valence-corrected chi connectivity index (χ0v) is 11.5. The molecule has 1 aromatic carbocycles. The van der Waals surface area contributed by atoms with Crippen LogP contribution in [0.5, 0.6) is 0 Å². The molecular formula is C14H20N2O4. The molecule has 1 fully saturated rings. The molecule has 0 amide bonds. The zero-order chi connectivity index (χ0) is 14.6. The first kappa shape index (κ1) is 14.6. The van der Waals surface area contributed by atoms with Crippen molar-refractivity contribution in [2.75, 3.05) is 43.1 Å².